The Morgan fingerprint density at radius 1 is 0.923 bits per heavy atom. The Kier molecular flexibility index (Phi) is 8.86. The van der Waals surface area contributed by atoms with Crippen LogP contribution in [-0.4, -0.2) is 41.0 Å². The minimum absolute atomic E-state index is 0.195. The standard InChI is InChI=1S/C34H39NO4/c1-22-16-28(17-23(2)32(22)33(37)38)31-13-9-8-12-30(31)24(3)39-21-29(36)20-35-34(4,5)19-25-14-15-26-10-6-7-11-27(26)18-25/h6-18,24,29,35-36H,19-21H2,1-5H3,(H,37,38)/t24?,29-/m1/s1. The molecule has 0 saturated carbocycles. The number of benzene rings is 4. The molecule has 0 heterocycles. The zero-order chi connectivity index (χ0) is 28.2. The van der Waals surface area contributed by atoms with Crippen LogP contribution < -0.4 is 5.32 Å². The van der Waals surface area contributed by atoms with Gasteiger partial charge in [0.15, 0.2) is 0 Å². The van der Waals surface area contributed by atoms with Crippen LogP contribution >= 0.6 is 0 Å². The van der Waals surface area contributed by atoms with Crippen molar-refractivity contribution >= 4 is 16.7 Å². The maximum atomic E-state index is 11.6. The number of aliphatic hydroxyl groups is 1. The number of nitrogens with one attached hydrogen (secondary N) is 1. The predicted molar refractivity (Wildman–Crippen MR) is 158 cm³/mol. The van der Waals surface area contributed by atoms with Gasteiger partial charge in [-0.1, -0.05) is 78.9 Å². The number of fused-ring (bicyclic) bond motifs is 1. The Labute approximate surface area is 231 Å². The van der Waals surface area contributed by atoms with Crippen molar-refractivity contribution in [1.82, 2.24) is 5.32 Å². The van der Waals surface area contributed by atoms with Crippen molar-refractivity contribution < 1.29 is 19.7 Å². The number of rotatable bonds is 11. The summed E-state index contributed by atoms with van der Waals surface area (Å²) in [6.07, 6.45) is -0.0645. The van der Waals surface area contributed by atoms with Gasteiger partial charge < -0.3 is 20.3 Å². The largest absolute Gasteiger partial charge is 0.478 e. The molecule has 3 N–H and O–H groups in total. The lowest BCUT2D eigenvalue weighted by Crippen LogP contribution is -2.46. The third-order valence-corrected chi connectivity index (χ3v) is 7.27. The monoisotopic (exact) mass is 525 g/mol. The van der Waals surface area contributed by atoms with Crippen molar-refractivity contribution in [2.24, 2.45) is 0 Å². The minimum Gasteiger partial charge on any atom is -0.478 e. The van der Waals surface area contributed by atoms with E-state index >= 15 is 0 Å². The van der Waals surface area contributed by atoms with Crippen molar-refractivity contribution in [3.63, 3.8) is 0 Å². The summed E-state index contributed by atoms with van der Waals surface area (Å²) in [5.41, 5.74) is 5.82. The first kappa shape index (κ1) is 28.5. The molecule has 0 radical (unpaired) electrons. The highest BCUT2D eigenvalue weighted by atomic mass is 16.5. The highest BCUT2D eigenvalue weighted by Crippen LogP contribution is 2.32. The van der Waals surface area contributed by atoms with E-state index in [1.807, 2.05) is 57.2 Å². The summed E-state index contributed by atoms with van der Waals surface area (Å²) in [4.78, 5) is 11.6. The van der Waals surface area contributed by atoms with Crippen LogP contribution in [0.5, 0.6) is 0 Å². The fourth-order valence-corrected chi connectivity index (χ4v) is 5.29. The van der Waals surface area contributed by atoms with Crippen LogP contribution in [-0.2, 0) is 11.2 Å². The highest BCUT2D eigenvalue weighted by molar-refractivity contribution is 5.92. The maximum absolute atomic E-state index is 11.6. The van der Waals surface area contributed by atoms with Gasteiger partial charge in [-0.2, -0.15) is 0 Å². The van der Waals surface area contributed by atoms with Crippen LogP contribution in [0, 0.1) is 13.8 Å². The molecule has 204 valence electrons. The molecular formula is C34H39NO4. The second-order valence-electron chi connectivity index (χ2n) is 11.1. The Morgan fingerprint density at radius 3 is 2.26 bits per heavy atom. The van der Waals surface area contributed by atoms with Gasteiger partial charge in [0.25, 0.3) is 0 Å². The van der Waals surface area contributed by atoms with E-state index in [0.29, 0.717) is 12.1 Å². The van der Waals surface area contributed by atoms with E-state index in [4.69, 9.17) is 4.74 Å². The van der Waals surface area contributed by atoms with Crippen LogP contribution in [0.4, 0.5) is 0 Å². The number of carboxylic acids is 1. The molecule has 4 rings (SSSR count). The molecule has 0 spiro atoms. The normalized spacial score (nSPS) is 13.4. The van der Waals surface area contributed by atoms with Gasteiger partial charge >= 0.3 is 5.97 Å². The minimum atomic E-state index is -0.912. The lowest BCUT2D eigenvalue weighted by atomic mass is 9.92. The SMILES string of the molecule is Cc1cc(-c2ccccc2C(C)OC[C@H](O)CNC(C)(C)Cc2ccc3ccccc3c2)cc(C)c1C(=O)O. The second-order valence-corrected chi connectivity index (χ2v) is 11.1. The molecule has 0 aliphatic rings. The molecule has 0 fully saturated rings. The van der Waals surface area contributed by atoms with Gasteiger partial charge in [0.2, 0.25) is 0 Å². The molecule has 0 aliphatic heterocycles. The Bertz CT molecular complexity index is 1440. The molecule has 5 heteroatoms. The van der Waals surface area contributed by atoms with Crippen LogP contribution in [0.2, 0.25) is 0 Å². The molecule has 4 aromatic carbocycles. The molecule has 0 saturated heterocycles. The van der Waals surface area contributed by atoms with Crippen LogP contribution in [0.25, 0.3) is 21.9 Å². The summed E-state index contributed by atoms with van der Waals surface area (Å²) in [5, 5.41) is 26.2. The van der Waals surface area contributed by atoms with Gasteiger partial charge in [0, 0.05) is 12.1 Å². The van der Waals surface area contributed by atoms with E-state index in [2.05, 4.69) is 61.6 Å². The molecule has 2 atom stereocenters. The number of hydrogen-bond donors (Lipinski definition) is 3. The average Bonchev–Trinajstić information content (AvgIpc) is 2.89. The van der Waals surface area contributed by atoms with Crippen LogP contribution in [0.3, 0.4) is 0 Å². The highest BCUT2D eigenvalue weighted by Gasteiger charge is 2.21. The summed E-state index contributed by atoms with van der Waals surface area (Å²) < 4.78 is 6.12. The molecule has 39 heavy (non-hydrogen) atoms. The van der Waals surface area contributed by atoms with E-state index in [9.17, 15) is 15.0 Å². The third kappa shape index (κ3) is 7.12. The zero-order valence-corrected chi connectivity index (χ0v) is 23.5. The number of aliphatic hydroxyl groups excluding tert-OH is 1. The Hall–Kier alpha value is -3.51. The molecule has 0 amide bonds. The van der Waals surface area contributed by atoms with E-state index in [0.717, 1.165) is 34.2 Å². The van der Waals surface area contributed by atoms with Crippen molar-refractivity contribution in [1.29, 1.82) is 0 Å². The number of aryl methyl sites for hydroxylation is 2. The van der Waals surface area contributed by atoms with Crippen molar-refractivity contribution in [3.05, 3.63) is 107 Å². The van der Waals surface area contributed by atoms with Crippen molar-refractivity contribution in [3.8, 4) is 11.1 Å². The fourth-order valence-electron chi connectivity index (χ4n) is 5.29. The lowest BCUT2D eigenvalue weighted by molar-refractivity contribution is -0.00397. The molecular weight excluding hydrogens is 486 g/mol. The predicted octanol–water partition coefficient (Wildman–Crippen LogP) is 6.87. The van der Waals surface area contributed by atoms with Gasteiger partial charge in [-0.05, 0) is 85.2 Å². The summed E-state index contributed by atoms with van der Waals surface area (Å²) in [6.45, 7) is 10.5. The van der Waals surface area contributed by atoms with Gasteiger partial charge in [-0.3, -0.25) is 0 Å². The van der Waals surface area contributed by atoms with Crippen LogP contribution in [0.15, 0.2) is 78.9 Å². The van der Waals surface area contributed by atoms with E-state index < -0.39 is 12.1 Å². The quantitative estimate of drug-likeness (QED) is 0.199. The summed E-state index contributed by atoms with van der Waals surface area (Å²) in [6, 6.07) is 26.7. The Morgan fingerprint density at radius 2 is 1.56 bits per heavy atom. The number of hydrogen-bond acceptors (Lipinski definition) is 4. The van der Waals surface area contributed by atoms with E-state index in [1.54, 1.807) is 0 Å². The topological polar surface area (TPSA) is 78.8 Å². The first-order valence-electron chi connectivity index (χ1n) is 13.5. The fraction of sp³-hybridized carbons (Fsp3) is 0.324. The molecule has 1 unspecified atom stereocenters. The lowest BCUT2D eigenvalue weighted by Gasteiger charge is -2.28. The zero-order valence-electron chi connectivity index (χ0n) is 23.5. The number of aromatic carboxylic acids is 1. The second kappa shape index (κ2) is 12.1. The first-order valence-corrected chi connectivity index (χ1v) is 13.5. The van der Waals surface area contributed by atoms with Gasteiger partial charge in [-0.25, -0.2) is 4.79 Å². The van der Waals surface area contributed by atoms with Gasteiger partial charge in [-0.15, -0.1) is 0 Å². The van der Waals surface area contributed by atoms with E-state index in [1.165, 1.54) is 16.3 Å². The summed E-state index contributed by atoms with van der Waals surface area (Å²) >= 11 is 0. The van der Waals surface area contributed by atoms with Gasteiger partial charge in [0.1, 0.15) is 0 Å². The van der Waals surface area contributed by atoms with Crippen LogP contribution in [0.1, 0.15) is 59.5 Å². The number of ether oxygens (including phenoxy) is 1. The van der Waals surface area contributed by atoms with Crippen molar-refractivity contribution in [2.45, 2.75) is 58.8 Å². The maximum Gasteiger partial charge on any atom is 0.336 e. The van der Waals surface area contributed by atoms with Gasteiger partial charge in [0.05, 0.1) is 24.4 Å². The summed E-state index contributed by atoms with van der Waals surface area (Å²) in [7, 11) is 0. The average molecular weight is 526 g/mol. The number of carboxylic acid groups (broad SMARTS) is 1. The molecule has 0 aliphatic carbocycles. The number of β-amino-alcohol motifs (C(OH)–C–C–N with tert-alkyl or cyclic N) is 1. The number of carbonyl (C=O) groups is 1. The molecule has 5 nitrogen and oxygen atoms in total. The summed E-state index contributed by atoms with van der Waals surface area (Å²) in [5.74, 6) is -0.912. The van der Waals surface area contributed by atoms with E-state index in [-0.39, 0.29) is 18.2 Å². The third-order valence-electron chi connectivity index (χ3n) is 7.27. The molecule has 0 aromatic heterocycles. The smallest absolute Gasteiger partial charge is 0.336 e. The Balaban J connectivity index is 1.36. The molecule has 4 aromatic rings. The first-order chi connectivity index (χ1) is 18.5. The van der Waals surface area contributed by atoms with Crippen molar-refractivity contribution in [2.75, 3.05) is 13.2 Å². The molecule has 0 bridgehead atoms.